The van der Waals surface area contributed by atoms with E-state index in [-0.39, 0.29) is 5.91 Å². The van der Waals surface area contributed by atoms with Crippen LogP contribution in [0.3, 0.4) is 0 Å². The molecule has 92 valence electrons. The molecule has 0 aliphatic rings. The number of ether oxygens (including phenoxy) is 1. The highest BCUT2D eigenvalue weighted by molar-refractivity contribution is 5.94. The Morgan fingerprint density at radius 3 is 2.82 bits per heavy atom. The van der Waals surface area contributed by atoms with Gasteiger partial charge in [-0.1, -0.05) is 0 Å². The molecule has 0 fully saturated rings. The molecule has 17 heavy (non-hydrogen) atoms. The average Bonchev–Trinajstić information content (AvgIpc) is 2.64. The van der Waals surface area contributed by atoms with Crippen LogP contribution in [0.1, 0.15) is 24.3 Å². The third-order valence-electron chi connectivity index (χ3n) is 1.88. The highest BCUT2D eigenvalue weighted by atomic mass is 16.5. The Hall–Kier alpha value is -2.11. The summed E-state index contributed by atoms with van der Waals surface area (Å²) in [5.74, 6) is -0.838. The monoisotopic (exact) mass is 237 g/mol. The van der Waals surface area contributed by atoms with Crippen LogP contribution in [0.5, 0.6) is 0 Å². The molecule has 1 aromatic rings. The first-order valence-electron chi connectivity index (χ1n) is 5.19. The van der Waals surface area contributed by atoms with E-state index in [1.165, 1.54) is 10.8 Å². The molecule has 0 atom stereocenters. The van der Waals surface area contributed by atoms with E-state index >= 15 is 0 Å². The molecule has 0 aromatic carbocycles. The van der Waals surface area contributed by atoms with Gasteiger partial charge in [0.1, 0.15) is 5.69 Å². The Bertz CT molecular complexity index is 449. The lowest BCUT2D eigenvalue weighted by Gasteiger charge is -2.03. The maximum atomic E-state index is 11.6. The first-order valence-corrected chi connectivity index (χ1v) is 5.19. The van der Waals surface area contributed by atoms with E-state index < -0.39 is 5.97 Å². The number of hydrogen-bond acceptors (Lipinski definition) is 4. The molecule has 0 bridgehead atoms. The molecular weight excluding hydrogens is 222 g/mol. The number of esters is 1. The molecule has 6 heteroatoms. The second-order valence-corrected chi connectivity index (χ2v) is 3.41. The van der Waals surface area contributed by atoms with Crippen molar-refractivity contribution in [3.63, 3.8) is 0 Å². The zero-order valence-electron chi connectivity index (χ0n) is 10.1. The number of allylic oxidation sites excluding steroid dienone is 1. The number of nitrogens with one attached hydrogen (secondary N) is 1. The molecule has 0 saturated carbocycles. The van der Waals surface area contributed by atoms with Gasteiger partial charge in [-0.3, -0.25) is 9.48 Å². The predicted octanol–water partition coefficient (Wildman–Crippen LogP) is 0.617. The second kappa shape index (κ2) is 5.83. The molecule has 0 spiro atoms. The number of carbonyl (C=O) groups excluding carboxylic acids is 2. The topological polar surface area (TPSA) is 73.2 Å². The summed E-state index contributed by atoms with van der Waals surface area (Å²) < 4.78 is 6.24. The highest BCUT2D eigenvalue weighted by Crippen LogP contribution is 1.97. The fourth-order valence-corrected chi connectivity index (χ4v) is 1.18. The van der Waals surface area contributed by atoms with Crippen LogP contribution in [0.2, 0.25) is 0 Å². The normalized spacial score (nSPS) is 11.1. The van der Waals surface area contributed by atoms with Gasteiger partial charge in [-0.05, 0) is 19.9 Å². The van der Waals surface area contributed by atoms with Crippen molar-refractivity contribution in [1.82, 2.24) is 15.1 Å². The molecule has 0 aliphatic carbocycles. The third-order valence-corrected chi connectivity index (χ3v) is 1.88. The molecule has 0 radical (unpaired) electrons. The molecule has 1 aromatic heterocycles. The minimum absolute atomic E-state index is 0.295. The van der Waals surface area contributed by atoms with Gasteiger partial charge in [0.05, 0.1) is 6.61 Å². The quantitative estimate of drug-likeness (QED) is 0.615. The Kier molecular flexibility index (Phi) is 4.45. The van der Waals surface area contributed by atoms with Gasteiger partial charge in [-0.25, -0.2) is 4.79 Å². The van der Waals surface area contributed by atoms with Crippen LogP contribution < -0.4 is 5.32 Å². The van der Waals surface area contributed by atoms with Crippen LogP contribution in [0.4, 0.5) is 0 Å². The lowest BCUT2D eigenvalue weighted by molar-refractivity contribution is -0.137. The Morgan fingerprint density at radius 1 is 1.59 bits per heavy atom. The van der Waals surface area contributed by atoms with Crippen molar-refractivity contribution in [2.45, 2.75) is 13.8 Å². The van der Waals surface area contributed by atoms with Gasteiger partial charge in [-0.2, -0.15) is 5.10 Å². The van der Waals surface area contributed by atoms with Crippen LogP contribution in [-0.4, -0.2) is 28.3 Å². The van der Waals surface area contributed by atoms with Crippen molar-refractivity contribution in [1.29, 1.82) is 0 Å². The van der Waals surface area contributed by atoms with Crippen LogP contribution >= 0.6 is 0 Å². The molecule has 0 aliphatic heterocycles. The van der Waals surface area contributed by atoms with Crippen molar-refractivity contribution >= 4 is 11.9 Å². The molecule has 1 heterocycles. The summed E-state index contributed by atoms with van der Waals surface area (Å²) in [5.41, 5.74) is 0.711. The minimum Gasteiger partial charge on any atom is -0.463 e. The van der Waals surface area contributed by atoms with Gasteiger partial charge in [0, 0.05) is 25.0 Å². The number of nitrogens with zero attached hydrogens (tertiary/aromatic N) is 2. The first-order chi connectivity index (χ1) is 8.02. The maximum absolute atomic E-state index is 11.6. The Morgan fingerprint density at radius 2 is 2.29 bits per heavy atom. The summed E-state index contributed by atoms with van der Waals surface area (Å²) in [7, 11) is 1.72. The van der Waals surface area contributed by atoms with E-state index in [9.17, 15) is 9.59 Å². The number of carbonyl (C=O) groups is 2. The zero-order chi connectivity index (χ0) is 12.8. The maximum Gasteiger partial charge on any atom is 0.332 e. The number of rotatable bonds is 4. The predicted molar refractivity (Wildman–Crippen MR) is 61.1 cm³/mol. The summed E-state index contributed by atoms with van der Waals surface area (Å²) in [6, 6.07) is 1.59. The van der Waals surface area contributed by atoms with E-state index in [1.807, 2.05) is 0 Å². The highest BCUT2D eigenvalue weighted by Gasteiger charge is 2.09. The van der Waals surface area contributed by atoms with Crippen LogP contribution in [0.15, 0.2) is 24.0 Å². The number of aryl methyl sites for hydroxylation is 1. The van der Waals surface area contributed by atoms with Crippen molar-refractivity contribution < 1.29 is 14.3 Å². The van der Waals surface area contributed by atoms with E-state index in [0.717, 1.165) is 0 Å². The van der Waals surface area contributed by atoms with Gasteiger partial charge in [0.2, 0.25) is 0 Å². The van der Waals surface area contributed by atoms with Gasteiger partial charge < -0.3 is 10.1 Å². The average molecular weight is 237 g/mol. The van der Waals surface area contributed by atoms with E-state index in [0.29, 0.717) is 18.0 Å². The molecule has 0 unspecified atom stereocenters. The standard InChI is InChI=1S/C11H15N3O3/c1-4-17-10(15)7-8(2)12-11(16)9-5-6-14(3)13-9/h5-7H,4H2,1-3H3,(H,12,16)/b8-7+. The number of amides is 1. The second-order valence-electron chi connectivity index (χ2n) is 3.41. The van der Waals surface area contributed by atoms with Gasteiger partial charge in [0.25, 0.3) is 5.91 Å². The Labute approximate surface area is 99.3 Å². The lowest BCUT2D eigenvalue weighted by Crippen LogP contribution is -2.23. The molecule has 1 rings (SSSR count). The zero-order valence-corrected chi connectivity index (χ0v) is 10.1. The van der Waals surface area contributed by atoms with Gasteiger partial charge in [0.15, 0.2) is 0 Å². The van der Waals surface area contributed by atoms with E-state index in [2.05, 4.69) is 10.4 Å². The van der Waals surface area contributed by atoms with Crippen LogP contribution in [0, 0.1) is 0 Å². The van der Waals surface area contributed by atoms with Gasteiger partial charge >= 0.3 is 5.97 Å². The van der Waals surface area contributed by atoms with Gasteiger partial charge in [-0.15, -0.1) is 0 Å². The Balaban J connectivity index is 2.60. The fraction of sp³-hybridized carbons (Fsp3) is 0.364. The largest absolute Gasteiger partial charge is 0.463 e. The smallest absolute Gasteiger partial charge is 0.332 e. The van der Waals surface area contributed by atoms with Crippen molar-refractivity contribution in [3.05, 3.63) is 29.7 Å². The first kappa shape index (κ1) is 13.0. The van der Waals surface area contributed by atoms with E-state index in [1.54, 1.807) is 33.2 Å². The molecule has 0 saturated heterocycles. The molecule has 6 nitrogen and oxygen atoms in total. The molecule has 1 N–H and O–H groups in total. The summed E-state index contributed by atoms with van der Waals surface area (Å²) >= 11 is 0. The third kappa shape index (κ3) is 4.10. The number of aromatic nitrogens is 2. The lowest BCUT2D eigenvalue weighted by atomic mass is 10.3. The van der Waals surface area contributed by atoms with Crippen molar-refractivity contribution in [2.24, 2.45) is 7.05 Å². The van der Waals surface area contributed by atoms with Crippen LogP contribution in [-0.2, 0) is 16.6 Å². The summed E-state index contributed by atoms with van der Waals surface area (Å²) in [4.78, 5) is 22.7. The van der Waals surface area contributed by atoms with Crippen LogP contribution in [0.25, 0.3) is 0 Å². The number of hydrogen-bond donors (Lipinski definition) is 1. The van der Waals surface area contributed by atoms with Crippen molar-refractivity contribution in [3.8, 4) is 0 Å². The van der Waals surface area contributed by atoms with E-state index in [4.69, 9.17) is 4.74 Å². The van der Waals surface area contributed by atoms with Crippen molar-refractivity contribution in [2.75, 3.05) is 6.61 Å². The molecular formula is C11H15N3O3. The minimum atomic E-state index is -0.480. The summed E-state index contributed by atoms with van der Waals surface area (Å²) in [5, 5.41) is 6.48. The SMILES string of the molecule is CCOC(=O)/C=C(\C)NC(=O)c1ccn(C)n1. The molecule has 1 amide bonds. The fourth-order valence-electron chi connectivity index (χ4n) is 1.18. The summed E-state index contributed by atoms with van der Waals surface area (Å²) in [6.07, 6.45) is 2.89. The summed E-state index contributed by atoms with van der Waals surface area (Å²) in [6.45, 7) is 3.63.